The summed E-state index contributed by atoms with van der Waals surface area (Å²) in [7, 11) is 0. The molecule has 0 radical (unpaired) electrons. The second-order valence-electron chi connectivity index (χ2n) is 9.63. The van der Waals surface area contributed by atoms with E-state index in [0.717, 1.165) is 50.6 Å². The van der Waals surface area contributed by atoms with Crippen molar-refractivity contribution in [2.24, 2.45) is 11.8 Å². The van der Waals surface area contributed by atoms with E-state index in [1.807, 2.05) is 6.92 Å². The lowest BCUT2D eigenvalue weighted by atomic mass is 9.86. The number of hydrogen-bond donors (Lipinski definition) is 0. The molecule has 0 bridgehead atoms. The molecule has 0 aromatic heterocycles. The van der Waals surface area contributed by atoms with Crippen LogP contribution >= 0.6 is 0 Å². The summed E-state index contributed by atoms with van der Waals surface area (Å²) in [6.07, 6.45) is 9.53. The SMILES string of the molecule is CCOC(=O)C1CCN(CCc2ccc3cc(OC4CCC(CC)CC4)ccc3c2)CC1. The molecule has 1 heterocycles. The highest BCUT2D eigenvalue weighted by Crippen LogP contribution is 2.30. The molecule has 2 aliphatic rings. The van der Waals surface area contributed by atoms with Crippen molar-refractivity contribution in [2.75, 3.05) is 26.2 Å². The molecule has 2 fully saturated rings. The van der Waals surface area contributed by atoms with Crippen LogP contribution in [0.5, 0.6) is 5.75 Å². The highest BCUT2D eigenvalue weighted by atomic mass is 16.5. The molecule has 4 rings (SSSR count). The Labute approximate surface area is 193 Å². The Morgan fingerprint density at radius 1 is 0.938 bits per heavy atom. The van der Waals surface area contributed by atoms with Crippen LogP contribution in [0.2, 0.25) is 0 Å². The Morgan fingerprint density at radius 3 is 2.38 bits per heavy atom. The molecular weight excluding hydrogens is 398 g/mol. The lowest BCUT2D eigenvalue weighted by Crippen LogP contribution is -2.38. The molecule has 1 saturated heterocycles. The number of esters is 1. The van der Waals surface area contributed by atoms with Gasteiger partial charge in [-0.3, -0.25) is 4.79 Å². The molecule has 2 aromatic carbocycles. The van der Waals surface area contributed by atoms with Gasteiger partial charge in [-0.15, -0.1) is 0 Å². The summed E-state index contributed by atoms with van der Waals surface area (Å²) in [4.78, 5) is 14.4. The predicted molar refractivity (Wildman–Crippen MR) is 130 cm³/mol. The van der Waals surface area contributed by atoms with Gasteiger partial charge in [0.15, 0.2) is 0 Å². The summed E-state index contributed by atoms with van der Waals surface area (Å²) in [6, 6.07) is 13.3. The average Bonchev–Trinajstić information content (AvgIpc) is 2.83. The Bertz CT molecular complexity index is 879. The smallest absolute Gasteiger partial charge is 0.309 e. The molecule has 0 unspecified atom stereocenters. The maximum Gasteiger partial charge on any atom is 0.309 e. The zero-order valence-corrected chi connectivity index (χ0v) is 19.9. The summed E-state index contributed by atoms with van der Waals surface area (Å²) < 4.78 is 11.5. The first-order valence-corrected chi connectivity index (χ1v) is 12.7. The first-order chi connectivity index (χ1) is 15.6. The van der Waals surface area contributed by atoms with E-state index >= 15 is 0 Å². The topological polar surface area (TPSA) is 38.8 Å². The minimum absolute atomic E-state index is 0.0151. The molecule has 0 spiro atoms. The van der Waals surface area contributed by atoms with Gasteiger partial charge in [0, 0.05) is 6.54 Å². The zero-order valence-electron chi connectivity index (χ0n) is 19.9. The van der Waals surface area contributed by atoms with Gasteiger partial charge >= 0.3 is 5.97 Å². The first-order valence-electron chi connectivity index (χ1n) is 12.7. The number of ether oxygens (including phenoxy) is 2. The maximum atomic E-state index is 11.9. The predicted octanol–water partition coefficient (Wildman–Crippen LogP) is 6.01. The normalized spacial score (nSPS) is 22.7. The Hall–Kier alpha value is -2.07. The van der Waals surface area contributed by atoms with Crippen molar-refractivity contribution in [3.05, 3.63) is 42.0 Å². The van der Waals surface area contributed by atoms with Gasteiger partial charge in [0.25, 0.3) is 0 Å². The molecule has 4 nitrogen and oxygen atoms in total. The van der Waals surface area contributed by atoms with Gasteiger partial charge in [-0.25, -0.2) is 0 Å². The number of piperidine rings is 1. The third kappa shape index (κ3) is 6.04. The highest BCUT2D eigenvalue weighted by Gasteiger charge is 2.25. The van der Waals surface area contributed by atoms with E-state index in [1.54, 1.807) is 0 Å². The van der Waals surface area contributed by atoms with Crippen LogP contribution in [0.15, 0.2) is 36.4 Å². The summed E-state index contributed by atoms with van der Waals surface area (Å²) >= 11 is 0. The first kappa shape index (κ1) is 23.1. The highest BCUT2D eigenvalue weighted by molar-refractivity contribution is 5.84. The van der Waals surface area contributed by atoms with E-state index in [2.05, 4.69) is 48.2 Å². The molecule has 0 amide bonds. The molecule has 32 heavy (non-hydrogen) atoms. The molecule has 2 aromatic rings. The quantitative estimate of drug-likeness (QED) is 0.475. The largest absolute Gasteiger partial charge is 0.490 e. The van der Waals surface area contributed by atoms with Gasteiger partial charge in [0.2, 0.25) is 0 Å². The maximum absolute atomic E-state index is 11.9. The molecule has 1 saturated carbocycles. The van der Waals surface area contributed by atoms with Crippen LogP contribution in [0.4, 0.5) is 0 Å². The van der Waals surface area contributed by atoms with Gasteiger partial charge in [0.05, 0.1) is 18.6 Å². The van der Waals surface area contributed by atoms with Gasteiger partial charge in [-0.2, -0.15) is 0 Å². The summed E-state index contributed by atoms with van der Waals surface area (Å²) in [5, 5.41) is 2.54. The van der Waals surface area contributed by atoms with E-state index in [4.69, 9.17) is 9.47 Å². The van der Waals surface area contributed by atoms with Crippen LogP contribution in [0, 0.1) is 11.8 Å². The van der Waals surface area contributed by atoms with Crippen molar-refractivity contribution >= 4 is 16.7 Å². The Balaban J connectivity index is 1.27. The third-order valence-corrected chi connectivity index (χ3v) is 7.47. The monoisotopic (exact) mass is 437 g/mol. The van der Waals surface area contributed by atoms with Gasteiger partial charge in [-0.1, -0.05) is 37.6 Å². The van der Waals surface area contributed by atoms with Crippen molar-refractivity contribution in [3.63, 3.8) is 0 Å². The average molecular weight is 438 g/mol. The standard InChI is InChI=1S/C28H39NO3/c1-3-21-6-10-26(11-7-21)32-27-12-9-24-19-22(5-8-25(24)20-27)13-16-29-17-14-23(15-18-29)28(30)31-4-2/h5,8-9,12,19-21,23,26H,3-4,6-7,10-11,13-18H2,1-2H3. The van der Waals surface area contributed by atoms with E-state index in [1.165, 1.54) is 48.4 Å². The van der Waals surface area contributed by atoms with Gasteiger partial charge in [0.1, 0.15) is 5.75 Å². The van der Waals surface area contributed by atoms with Crippen molar-refractivity contribution in [3.8, 4) is 5.75 Å². The number of carbonyl (C=O) groups is 1. The van der Waals surface area contributed by atoms with Crippen molar-refractivity contribution in [1.82, 2.24) is 4.90 Å². The fourth-order valence-electron chi connectivity index (χ4n) is 5.29. The molecule has 4 heteroatoms. The van der Waals surface area contributed by atoms with Crippen LogP contribution in [0.3, 0.4) is 0 Å². The Morgan fingerprint density at radius 2 is 1.66 bits per heavy atom. The van der Waals surface area contributed by atoms with E-state index in [9.17, 15) is 4.79 Å². The lowest BCUT2D eigenvalue weighted by molar-refractivity contribution is -0.149. The minimum Gasteiger partial charge on any atom is -0.490 e. The van der Waals surface area contributed by atoms with Crippen molar-refractivity contribution in [1.29, 1.82) is 0 Å². The number of hydrogen-bond acceptors (Lipinski definition) is 4. The molecule has 174 valence electrons. The number of carbonyl (C=O) groups excluding carboxylic acids is 1. The number of rotatable bonds is 8. The van der Waals surface area contributed by atoms with Crippen LogP contribution in [-0.4, -0.2) is 43.2 Å². The second-order valence-corrected chi connectivity index (χ2v) is 9.63. The molecular formula is C28H39NO3. The fraction of sp³-hybridized carbons (Fsp3) is 0.607. The van der Waals surface area contributed by atoms with Gasteiger partial charge < -0.3 is 14.4 Å². The number of nitrogens with zero attached hydrogens (tertiary/aromatic N) is 1. The lowest BCUT2D eigenvalue weighted by Gasteiger charge is -2.30. The molecule has 0 atom stereocenters. The number of likely N-dealkylation sites (tertiary alicyclic amines) is 1. The second kappa shape index (κ2) is 11.2. The van der Waals surface area contributed by atoms with Crippen LogP contribution in [0.25, 0.3) is 10.8 Å². The fourth-order valence-corrected chi connectivity index (χ4v) is 5.29. The van der Waals surface area contributed by atoms with Crippen LogP contribution in [-0.2, 0) is 16.0 Å². The third-order valence-electron chi connectivity index (χ3n) is 7.47. The molecule has 1 aliphatic heterocycles. The van der Waals surface area contributed by atoms with E-state index in [0.29, 0.717) is 12.7 Å². The minimum atomic E-state index is -0.0151. The number of benzene rings is 2. The summed E-state index contributed by atoms with van der Waals surface area (Å²) in [6.45, 7) is 7.67. The van der Waals surface area contributed by atoms with Crippen LogP contribution < -0.4 is 4.74 Å². The summed E-state index contributed by atoms with van der Waals surface area (Å²) in [5.41, 5.74) is 1.37. The molecule has 1 aliphatic carbocycles. The van der Waals surface area contributed by atoms with E-state index in [-0.39, 0.29) is 11.9 Å². The van der Waals surface area contributed by atoms with Gasteiger partial charge in [-0.05, 0) is 99.3 Å². The van der Waals surface area contributed by atoms with Crippen molar-refractivity contribution < 1.29 is 14.3 Å². The van der Waals surface area contributed by atoms with E-state index < -0.39 is 0 Å². The van der Waals surface area contributed by atoms with Crippen molar-refractivity contribution in [2.45, 2.75) is 71.3 Å². The summed E-state index contributed by atoms with van der Waals surface area (Å²) in [5.74, 6) is 1.98. The molecule has 0 N–H and O–H groups in total. The zero-order chi connectivity index (χ0) is 22.3. The Kier molecular flexibility index (Phi) is 8.07. The van der Waals surface area contributed by atoms with Crippen LogP contribution in [0.1, 0.15) is 64.4 Å². The number of fused-ring (bicyclic) bond motifs is 1.